The maximum Gasteiger partial charge on any atom is 0.257 e. The molecule has 0 unspecified atom stereocenters. The Morgan fingerprint density at radius 2 is 2.10 bits per heavy atom. The Morgan fingerprint density at radius 1 is 1.30 bits per heavy atom. The molecule has 1 aromatic heterocycles. The van der Waals surface area contributed by atoms with Crippen LogP contribution in [0.25, 0.3) is 11.5 Å². The first-order valence-electron chi connectivity index (χ1n) is 10.6. The number of hydrogen-bond acceptors (Lipinski definition) is 5. The maximum atomic E-state index is 5.45. The van der Waals surface area contributed by atoms with Crippen molar-refractivity contribution in [3.05, 3.63) is 35.7 Å². The maximum absolute atomic E-state index is 5.45. The van der Waals surface area contributed by atoms with Gasteiger partial charge in [-0.05, 0) is 49.3 Å². The summed E-state index contributed by atoms with van der Waals surface area (Å²) in [5.41, 5.74) is 2.10. The Bertz CT molecular complexity index is 789. The summed E-state index contributed by atoms with van der Waals surface area (Å²) in [6.45, 7) is 5.59. The molecule has 166 valence electrons. The third-order valence-corrected chi connectivity index (χ3v) is 5.35. The molecule has 0 saturated carbocycles. The molecule has 0 amide bonds. The summed E-state index contributed by atoms with van der Waals surface area (Å²) in [5, 5.41) is 7.51. The molecule has 1 fully saturated rings. The first kappa shape index (κ1) is 24.6. The molecule has 2 heterocycles. The number of rotatable bonds is 8. The fraction of sp³-hybridized carbons (Fsp3) is 0.591. The molecular weight excluding hydrogens is 493 g/mol. The van der Waals surface area contributed by atoms with Crippen LogP contribution < -0.4 is 5.32 Å². The standard InChI is InChI=1S/C22H33N5O2.HI/c1-4-6-20-25-21(29-26-20)19-8-5-7-18(15-19)16-24-22(23-2)27(3)12-9-17-10-13-28-14-11-17;/h5,7-8,15,17H,4,6,9-14,16H2,1-3H3,(H,23,24);1H. The first-order valence-corrected chi connectivity index (χ1v) is 10.6. The molecule has 7 nitrogen and oxygen atoms in total. The molecule has 1 aromatic carbocycles. The number of benzene rings is 1. The quantitative estimate of drug-likeness (QED) is 0.316. The molecule has 0 spiro atoms. The number of nitrogens with zero attached hydrogens (tertiary/aromatic N) is 4. The average molecular weight is 527 g/mol. The molecule has 1 aliphatic rings. The van der Waals surface area contributed by atoms with Gasteiger partial charge in [-0.25, -0.2) is 0 Å². The van der Waals surface area contributed by atoms with Gasteiger partial charge in [-0.2, -0.15) is 4.98 Å². The van der Waals surface area contributed by atoms with Crippen molar-refractivity contribution in [3.8, 4) is 11.5 Å². The monoisotopic (exact) mass is 527 g/mol. The first-order chi connectivity index (χ1) is 14.2. The number of nitrogens with one attached hydrogen (secondary N) is 1. The van der Waals surface area contributed by atoms with Crippen molar-refractivity contribution in [1.82, 2.24) is 20.4 Å². The van der Waals surface area contributed by atoms with Crippen LogP contribution in [0.15, 0.2) is 33.8 Å². The van der Waals surface area contributed by atoms with Gasteiger partial charge in [0, 0.05) is 52.4 Å². The van der Waals surface area contributed by atoms with Crippen LogP contribution in [-0.4, -0.2) is 54.9 Å². The Labute approximate surface area is 196 Å². The second kappa shape index (κ2) is 12.9. The van der Waals surface area contributed by atoms with E-state index in [-0.39, 0.29) is 24.0 Å². The lowest BCUT2D eigenvalue weighted by atomic mass is 9.96. The van der Waals surface area contributed by atoms with Gasteiger partial charge in [-0.1, -0.05) is 24.2 Å². The van der Waals surface area contributed by atoms with Crippen LogP contribution in [0.5, 0.6) is 0 Å². The van der Waals surface area contributed by atoms with Crippen LogP contribution in [0, 0.1) is 5.92 Å². The van der Waals surface area contributed by atoms with E-state index >= 15 is 0 Å². The summed E-state index contributed by atoms with van der Waals surface area (Å²) < 4.78 is 10.9. The van der Waals surface area contributed by atoms with E-state index in [1.807, 2.05) is 19.2 Å². The van der Waals surface area contributed by atoms with Gasteiger partial charge in [-0.3, -0.25) is 4.99 Å². The highest BCUT2D eigenvalue weighted by atomic mass is 127. The Balaban J connectivity index is 0.00000320. The molecule has 1 aliphatic heterocycles. The number of hydrogen-bond donors (Lipinski definition) is 1. The van der Waals surface area contributed by atoms with Crippen molar-refractivity contribution in [2.45, 2.75) is 45.6 Å². The number of halogens is 1. The van der Waals surface area contributed by atoms with Crippen molar-refractivity contribution in [1.29, 1.82) is 0 Å². The Kier molecular flexibility index (Phi) is 10.6. The second-order valence-electron chi connectivity index (χ2n) is 7.63. The van der Waals surface area contributed by atoms with Gasteiger partial charge in [0.15, 0.2) is 11.8 Å². The minimum Gasteiger partial charge on any atom is -0.381 e. The zero-order valence-electron chi connectivity index (χ0n) is 18.3. The normalized spacial score (nSPS) is 15.0. The number of aromatic nitrogens is 2. The van der Waals surface area contributed by atoms with Gasteiger partial charge < -0.3 is 19.5 Å². The lowest BCUT2D eigenvalue weighted by molar-refractivity contribution is 0.0625. The molecule has 1 saturated heterocycles. The van der Waals surface area contributed by atoms with Gasteiger partial charge >= 0.3 is 0 Å². The second-order valence-corrected chi connectivity index (χ2v) is 7.63. The minimum absolute atomic E-state index is 0. The SMILES string of the molecule is CCCc1noc(-c2cccc(CNC(=NC)N(C)CCC3CCOCC3)c2)n1.I. The fourth-order valence-electron chi connectivity index (χ4n) is 3.59. The third kappa shape index (κ3) is 7.23. The van der Waals surface area contributed by atoms with Crippen LogP contribution in [0.1, 0.15) is 44.0 Å². The number of aliphatic imine (C=N–C) groups is 1. The van der Waals surface area contributed by atoms with E-state index in [1.54, 1.807) is 0 Å². The highest BCUT2D eigenvalue weighted by molar-refractivity contribution is 14.0. The highest BCUT2D eigenvalue weighted by Crippen LogP contribution is 2.20. The lowest BCUT2D eigenvalue weighted by Gasteiger charge is -2.26. The largest absolute Gasteiger partial charge is 0.381 e. The van der Waals surface area contributed by atoms with Crippen LogP contribution >= 0.6 is 24.0 Å². The van der Waals surface area contributed by atoms with Crippen LogP contribution in [-0.2, 0) is 17.7 Å². The topological polar surface area (TPSA) is 75.8 Å². The zero-order chi connectivity index (χ0) is 20.5. The summed E-state index contributed by atoms with van der Waals surface area (Å²) in [7, 11) is 3.93. The molecule has 8 heteroatoms. The summed E-state index contributed by atoms with van der Waals surface area (Å²) in [5.74, 6) is 3.00. The van der Waals surface area contributed by atoms with Crippen LogP contribution in [0.4, 0.5) is 0 Å². The van der Waals surface area contributed by atoms with E-state index in [2.05, 4.69) is 51.5 Å². The highest BCUT2D eigenvalue weighted by Gasteiger charge is 2.15. The van der Waals surface area contributed by atoms with Crippen LogP contribution in [0.2, 0.25) is 0 Å². The van der Waals surface area contributed by atoms with Gasteiger partial charge in [0.1, 0.15) is 0 Å². The van der Waals surface area contributed by atoms with Crippen molar-refractivity contribution >= 4 is 29.9 Å². The molecule has 2 aromatic rings. The summed E-state index contributed by atoms with van der Waals surface area (Å²) in [4.78, 5) is 11.1. The molecule has 0 radical (unpaired) electrons. The molecular formula is C22H34IN5O2. The zero-order valence-corrected chi connectivity index (χ0v) is 20.6. The van der Waals surface area contributed by atoms with Crippen molar-refractivity contribution in [3.63, 3.8) is 0 Å². The smallest absolute Gasteiger partial charge is 0.257 e. The Hall–Kier alpha value is -1.68. The van der Waals surface area contributed by atoms with E-state index < -0.39 is 0 Å². The Morgan fingerprint density at radius 3 is 2.83 bits per heavy atom. The molecule has 0 atom stereocenters. The molecule has 0 aliphatic carbocycles. The predicted octanol–water partition coefficient (Wildman–Crippen LogP) is 4.13. The molecule has 1 N–H and O–H groups in total. The average Bonchev–Trinajstić information content (AvgIpc) is 3.23. The summed E-state index contributed by atoms with van der Waals surface area (Å²) in [6.07, 6.45) is 5.35. The van der Waals surface area contributed by atoms with Crippen LogP contribution in [0.3, 0.4) is 0 Å². The van der Waals surface area contributed by atoms with Crippen molar-refractivity contribution < 1.29 is 9.26 Å². The molecule has 3 rings (SSSR count). The third-order valence-electron chi connectivity index (χ3n) is 5.35. The van der Waals surface area contributed by atoms with Crippen molar-refractivity contribution in [2.75, 3.05) is 33.9 Å². The number of guanidine groups is 1. The van der Waals surface area contributed by atoms with E-state index in [1.165, 1.54) is 19.3 Å². The minimum atomic E-state index is 0. The van der Waals surface area contributed by atoms with E-state index in [9.17, 15) is 0 Å². The molecule has 0 bridgehead atoms. The fourth-order valence-corrected chi connectivity index (χ4v) is 3.59. The van der Waals surface area contributed by atoms with Gasteiger partial charge in [0.05, 0.1) is 0 Å². The van der Waals surface area contributed by atoms with Gasteiger partial charge in [0.2, 0.25) is 0 Å². The van der Waals surface area contributed by atoms with E-state index in [0.29, 0.717) is 12.4 Å². The lowest BCUT2D eigenvalue weighted by Crippen LogP contribution is -2.39. The number of aryl methyl sites for hydroxylation is 1. The number of ether oxygens (including phenoxy) is 1. The predicted molar refractivity (Wildman–Crippen MR) is 130 cm³/mol. The summed E-state index contributed by atoms with van der Waals surface area (Å²) >= 11 is 0. The van der Waals surface area contributed by atoms with Crippen molar-refractivity contribution in [2.24, 2.45) is 10.9 Å². The van der Waals surface area contributed by atoms with E-state index in [4.69, 9.17) is 9.26 Å². The van der Waals surface area contributed by atoms with Gasteiger partial charge in [0.25, 0.3) is 5.89 Å². The van der Waals surface area contributed by atoms with Gasteiger partial charge in [-0.15, -0.1) is 24.0 Å². The summed E-state index contributed by atoms with van der Waals surface area (Å²) in [6, 6.07) is 8.20. The molecule has 30 heavy (non-hydrogen) atoms. The van der Waals surface area contributed by atoms with E-state index in [0.717, 1.165) is 61.4 Å².